The maximum absolute atomic E-state index is 8.72. The fraction of sp³-hybridized carbons (Fsp3) is 0.583. The van der Waals surface area contributed by atoms with Crippen molar-refractivity contribution in [3.63, 3.8) is 0 Å². The highest BCUT2D eigenvalue weighted by atomic mass is 32.1. The van der Waals surface area contributed by atoms with E-state index >= 15 is 0 Å². The van der Waals surface area contributed by atoms with E-state index in [4.69, 9.17) is 5.26 Å². The first-order chi connectivity index (χ1) is 7.28. The van der Waals surface area contributed by atoms with Crippen molar-refractivity contribution in [1.29, 1.82) is 5.26 Å². The molecule has 0 atom stereocenters. The van der Waals surface area contributed by atoms with Crippen molar-refractivity contribution in [3.05, 3.63) is 21.9 Å². The molecule has 1 aliphatic rings. The lowest BCUT2D eigenvalue weighted by atomic mass is 9.75. The molecule has 15 heavy (non-hydrogen) atoms. The van der Waals surface area contributed by atoms with Gasteiger partial charge in [-0.25, -0.2) is 0 Å². The van der Waals surface area contributed by atoms with Gasteiger partial charge in [0.15, 0.2) is 0 Å². The number of nitrogens with zero attached hydrogens (tertiary/aromatic N) is 1. The second-order valence-electron chi connectivity index (χ2n) is 4.25. The average Bonchev–Trinajstić information content (AvgIpc) is 2.65. The van der Waals surface area contributed by atoms with E-state index in [2.05, 4.69) is 18.3 Å². The molecule has 1 heterocycles. The molecule has 1 N–H and O–H groups in total. The Labute approximate surface area is 94.9 Å². The van der Waals surface area contributed by atoms with Gasteiger partial charge in [0.1, 0.15) is 6.07 Å². The van der Waals surface area contributed by atoms with Crippen molar-refractivity contribution in [2.24, 2.45) is 0 Å². The first-order valence-corrected chi connectivity index (χ1v) is 6.38. The monoisotopic (exact) mass is 220 g/mol. The smallest absolute Gasteiger partial charge is 0.100 e. The zero-order valence-electron chi connectivity index (χ0n) is 9.05. The summed E-state index contributed by atoms with van der Waals surface area (Å²) >= 11 is 1.67. The normalized spacial score (nSPS) is 18.1. The summed E-state index contributed by atoms with van der Waals surface area (Å²) in [6.45, 7) is 3.17. The van der Waals surface area contributed by atoms with Crippen LogP contribution in [0.5, 0.6) is 0 Å². The topological polar surface area (TPSA) is 35.8 Å². The maximum atomic E-state index is 8.72. The Balaban J connectivity index is 1.90. The zero-order valence-corrected chi connectivity index (χ0v) is 9.86. The molecule has 1 aromatic heterocycles. The molecule has 1 fully saturated rings. The average molecular weight is 220 g/mol. The van der Waals surface area contributed by atoms with E-state index in [1.54, 1.807) is 11.3 Å². The van der Waals surface area contributed by atoms with Gasteiger partial charge in [0.25, 0.3) is 0 Å². The van der Waals surface area contributed by atoms with Crippen LogP contribution in [0, 0.1) is 11.3 Å². The summed E-state index contributed by atoms with van der Waals surface area (Å²) < 4.78 is 0. The highest BCUT2D eigenvalue weighted by Gasteiger charge is 2.34. The van der Waals surface area contributed by atoms with Crippen LogP contribution in [-0.4, -0.2) is 5.54 Å². The van der Waals surface area contributed by atoms with Gasteiger partial charge in [-0.05, 0) is 31.7 Å². The van der Waals surface area contributed by atoms with Crippen LogP contribution in [0.2, 0.25) is 0 Å². The summed E-state index contributed by atoms with van der Waals surface area (Å²) in [6.07, 6.45) is 5.18. The third kappa shape index (κ3) is 2.22. The molecule has 0 bridgehead atoms. The molecule has 1 saturated carbocycles. The summed E-state index contributed by atoms with van der Waals surface area (Å²) in [7, 11) is 0. The summed E-state index contributed by atoms with van der Waals surface area (Å²) in [5.74, 6) is 0. The van der Waals surface area contributed by atoms with Crippen molar-refractivity contribution < 1.29 is 0 Å². The minimum absolute atomic E-state index is 0.400. The molecular formula is C12H16N2S. The molecule has 0 aliphatic heterocycles. The van der Waals surface area contributed by atoms with E-state index in [9.17, 15) is 0 Å². The van der Waals surface area contributed by atoms with Gasteiger partial charge in [-0.2, -0.15) is 5.26 Å². The Morgan fingerprint density at radius 2 is 2.40 bits per heavy atom. The molecular weight excluding hydrogens is 204 g/mol. The lowest BCUT2D eigenvalue weighted by Crippen LogP contribution is -2.49. The molecule has 0 unspecified atom stereocenters. The Morgan fingerprint density at radius 3 is 2.87 bits per heavy atom. The molecule has 0 saturated heterocycles. The van der Waals surface area contributed by atoms with Crippen LogP contribution in [0.1, 0.15) is 43.0 Å². The van der Waals surface area contributed by atoms with Crippen LogP contribution >= 0.6 is 11.3 Å². The van der Waals surface area contributed by atoms with Gasteiger partial charge < -0.3 is 5.32 Å². The van der Waals surface area contributed by atoms with Gasteiger partial charge in [0.05, 0.1) is 5.56 Å². The quantitative estimate of drug-likeness (QED) is 0.846. The number of nitrogens with one attached hydrogen (secondary N) is 1. The molecule has 3 heteroatoms. The molecule has 0 spiro atoms. The lowest BCUT2D eigenvalue weighted by molar-refractivity contribution is 0.176. The fourth-order valence-corrected chi connectivity index (χ4v) is 2.82. The van der Waals surface area contributed by atoms with Gasteiger partial charge in [-0.15, -0.1) is 11.3 Å². The van der Waals surface area contributed by atoms with Gasteiger partial charge in [0, 0.05) is 22.3 Å². The number of hydrogen-bond acceptors (Lipinski definition) is 3. The minimum Gasteiger partial charge on any atom is -0.306 e. The van der Waals surface area contributed by atoms with Crippen LogP contribution < -0.4 is 5.32 Å². The third-order valence-corrected chi connectivity index (χ3v) is 4.34. The number of rotatable bonds is 4. The molecule has 80 valence electrons. The van der Waals surface area contributed by atoms with Crippen molar-refractivity contribution in [1.82, 2.24) is 5.32 Å². The van der Waals surface area contributed by atoms with E-state index in [0.29, 0.717) is 5.54 Å². The highest BCUT2D eigenvalue weighted by Crippen LogP contribution is 2.35. The third-order valence-electron chi connectivity index (χ3n) is 3.41. The Morgan fingerprint density at radius 1 is 1.60 bits per heavy atom. The predicted molar refractivity (Wildman–Crippen MR) is 62.7 cm³/mol. The molecule has 0 aromatic carbocycles. The molecule has 2 nitrogen and oxygen atoms in total. The maximum Gasteiger partial charge on any atom is 0.100 e. The molecule has 0 radical (unpaired) electrons. The first kappa shape index (κ1) is 10.7. The standard InChI is InChI=1S/C12H16N2S/c1-2-12(4-3-5-12)14-8-11-6-10(7-13)9-15-11/h6,9,14H,2-5,8H2,1H3. The van der Waals surface area contributed by atoms with Gasteiger partial charge in [0.2, 0.25) is 0 Å². The van der Waals surface area contributed by atoms with Gasteiger partial charge in [-0.1, -0.05) is 6.92 Å². The van der Waals surface area contributed by atoms with Crippen molar-refractivity contribution in [2.45, 2.75) is 44.7 Å². The Bertz CT molecular complexity index is 366. The number of hydrogen-bond donors (Lipinski definition) is 1. The zero-order chi connectivity index (χ0) is 10.7. The Hall–Kier alpha value is -0.850. The van der Waals surface area contributed by atoms with E-state index < -0.39 is 0 Å². The second kappa shape index (κ2) is 4.34. The first-order valence-electron chi connectivity index (χ1n) is 5.50. The highest BCUT2D eigenvalue weighted by molar-refractivity contribution is 7.10. The number of thiophene rings is 1. The van der Waals surface area contributed by atoms with Crippen molar-refractivity contribution in [3.8, 4) is 6.07 Å². The van der Waals surface area contributed by atoms with Crippen LogP contribution in [0.15, 0.2) is 11.4 Å². The van der Waals surface area contributed by atoms with Crippen molar-refractivity contribution in [2.75, 3.05) is 0 Å². The van der Waals surface area contributed by atoms with Gasteiger partial charge in [-0.3, -0.25) is 0 Å². The van der Waals surface area contributed by atoms with E-state index in [0.717, 1.165) is 12.1 Å². The number of nitriles is 1. The summed E-state index contributed by atoms with van der Waals surface area (Å²) in [5, 5.41) is 14.3. The van der Waals surface area contributed by atoms with E-state index in [1.165, 1.54) is 30.6 Å². The van der Waals surface area contributed by atoms with Crippen LogP contribution in [-0.2, 0) is 6.54 Å². The Kier molecular flexibility index (Phi) is 3.08. The van der Waals surface area contributed by atoms with Crippen LogP contribution in [0.4, 0.5) is 0 Å². The predicted octanol–water partition coefficient (Wildman–Crippen LogP) is 3.04. The van der Waals surface area contributed by atoms with Crippen LogP contribution in [0.3, 0.4) is 0 Å². The van der Waals surface area contributed by atoms with Gasteiger partial charge >= 0.3 is 0 Å². The summed E-state index contributed by atoms with van der Waals surface area (Å²) in [6, 6.07) is 4.15. The molecule has 0 amide bonds. The van der Waals surface area contributed by atoms with Crippen molar-refractivity contribution >= 4 is 11.3 Å². The molecule has 1 aliphatic carbocycles. The second-order valence-corrected chi connectivity index (χ2v) is 5.25. The summed E-state index contributed by atoms with van der Waals surface area (Å²) in [4.78, 5) is 1.27. The lowest BCUT2D eigenvalue weighted by Gasteiger charge is -2.42. The molecule has 2 rings (SSSR count). The summed E-state index contributed by atoms with van der Waals surface area (Å²) in [5.41, 5.74) is 1.19. The largest absolute Gasteiger partial charge is 0.306 e. The minimum atomic E-state index is 0.400. The van der Waals surface area contributed by atoms with E-state index in [1.807, 2.05) is 11.4 Å². The molecule has 1 aromatic rings. The SMILES string of the molecule is CCC1(NCc2cc(C#N)cs2)CCC1. The fourth-order valence-electron chi connectivity index (χ4n) is 2.07. The van der Waals surface area contributed by atoms with Crippen LogP contribution in [0.25, 0.3) is 0 Å². The van der Waals surface area contributed by atoms with E-state index in [-0.39, 0.29) is 0 Å².